The van der Waals surface area contributed by atoms with Crippen molar-refractivity contribution in [2.75, 3.05) is 0 Å². The lowest BCUT2D eigenvalue weighted by Crippen LogP contribution is -2.28. The minimum atomic E-state index is -3.67. The number of carboxylic acids is 1. The average molecular weight is 276 g/mol. The van der Waals surface area contributed by atoms with E-state index in [1.165, 1.54) is 0 Å². The molecule has 0 aliphatic heterocycles. The summed E-state index contributed by atoms with van der Waals surface area (Å²) in [5.74, 6) is -5.74. The summed E-state index contributed by atoms with van der Waals surface area (Å²) in [6.07, 6.45) is -0.651. The summed E-state index contributed by atoms with van der Waals surface area (Å²) in [5, 5.41) is 8.36. The molecule has 2 aromatic carbocycles. The highest BCUT2D eigenvalue weighted by Gasteiger charge is 2.37. The van der Waals surface area contributed by atoms with Gasteiger partial charge in [0.2, 0.25) is 0 Å². The van der Waals surface area contributed by atoms with Gasteiger partial charge in [0, 0.05) is 6.42 Å². The molecule has 0 spiro atoms. The van der Waals surface area contributed by atoms with Crippen molar-refractivity contribution < 1.29 is 18.7 Å². The predicted octanol–water partition coefficient (Wildman–Crippen LogP) is 4.01. The maximum absolute atomic E-state index is 13.0. The number of alkyl halides is 2. The highest BCUT2D eigenvalue weighted by molar-refractivity contribution is 5.75. The van der Waals surface area contributed by atoms with Crippen LogP contribution in [0.2, 0.25) is 0 Å². The second-order valence-electron chi connectivity index (χ2n) is 4.57. The van der Waals surface area contributed by atoms with Crippen LogP contribution in [0, 0.1) is 0 Å². The molecule has 0 bridgehead atoms. The van der Waals surface area contributed by atoms with Gasteiger partial charge in [0.05, 0.1) is 0 Å². The Morgan fingerprint density at radius 2 is 1.50 bits per heavy atom. The highest BCUT2D eigenvalue weighted by atomic mass is 19.3. The van der Waals surface area contributed by atoms with Gasteiger partial charge < -0.3 is 5.11 Å². The van der Waals surface area contributed by atoms with Crippen molar-refractivity contribution in [2.45, 2.75) is 18.8 Å². The number of benzene rings is 2. The average Bonchev–Trinajstić information content (AvgIpc) is 2.46. The summed E-state index contributed by atoms with van der Waals surface area (Å²) >= 11 is 0. The highest BCUT2D eigenvalue weighted by Crippen LogP contribution is 2.23. The van der Waals surface area contributed by atoms with Gasteiger partial charge in [-0.2, -0.15) is 8.78 Å². The molecule has 0 aromatic heterocycles. The Kier molecular flexibility index (Phi) is 4.13. The summed E-state index contributed by atoms with van der Waals surface area (Å²) in [4.78, 5) is 10.3. The third-order valence-corrected chi connectivity index (χ3v) is 3.10. The molecule has 0 aliphatic carbocycles. The maximum atomic E-state index is 13.0. The lowest BCUT2D eigenvalue weighted by atomic mass is 10.0. The summed E-state index contributed by atoms with van der Waals surface area (Å²) in [6, 6.07) is 16.9. The SMILES string of the molecule is O=C(O)C(F)(F)CCc1ccc(-c2ccccc2)cc1. The van der Waals surface area contributed by atoms with E-state index < -0.39 is 18.3 Å². The number of hydrogen-bond acceptors (Lipinski definition) is 1. The number of carbonyl (C=O) groups is 1. The molecule has 4 heteroatoms. The predicted molar refractivity (Wildman–Crippen MR) is 72.8 cm³/mol. The summed E-state index contributed by atoms with van der Waals surface area (Å²) in [6.45, 7) is 0. The number of rotatable bonds is 5. The minimum Gasteiger partial charge on any atom is -0.477 e. The molecule has 20 heavy (non-hydrogen) atoms. The number of aliphatic carboxylic acids is 1. The molecule has 0 radical (unpaired) electrons. The number of halogens is 2. The van der Waals surface area contributed by atoms with Crippen LogP contribution in [0.1, 0.15) is 12.0 Å². The zero-order valence-corrected chi connectivity index (χ0v) is 10.7. The van der Waals surface area contributed by atoms with E-state index in [9.17, 15) is 13.6 Å². The first-order chi connectivity index (χ1) is 9.49. The van der Waals surface area contributed by atoms with Crippen molar-refractivity contribution in [3.8, 4) is 11.1 Å². The smallest absolute Gasteiger partial charge is 0.374 e. The second kappa shape index (κ2) is 5.82. The molecule has 2 nitrogen and oxygen atoms in total. The first-order valence-electron chi connectivity index (χ1n) is 6.24. The second-order valence-corrected chi connectivity index (χ2v) is 4.57. The van der Waals surface area contributed by atoms with Gasteiger partial charge >= 0.3 is 11.9 Å². The summed E-state index contributed by atoms with van der Waals surface area (Å²) < 4.78 is 26.0. The molecule has 2 rings (SSSR count). The molecule has 0 amide bonds. The van der Waals surface area contributed by atoms with Gasteiger partial charge in [-0.1, -0.05) is 54.6 Å². The molecule has 104 valence electrons. The molecule has 0 saturated carbocycles. The first-order valence-corrected chi connectivity index (χ1v) is 6.24. The fraction of sp³-hybridized carbons (Fsp3) is 0.188. The van der Waals surface area contributed by atoms with Crippen LogP contribution in [0.5, 0.6) is 0 Å². The Balaban J connectivity index is 2.04. The van der Waals surface area contributed by atoms with Gasteiger partial charge in [-0.05, 0) is 23.1 Å². The van der Waals surface area contributed by atoms with Gasteiger partial charge in [0.25, 0.3) is 0 Å². The number of aryl methyl sites for hydroxylation is 1. The lowest BCUT2D eigenvalue weighted by molar-refractivity contribution is -0.165. The molecule has 0 saturated heterocycles. The molecule has 0 atom stereocenters. The van der Waals surface area contributed by atoms with E-state index in [2.05, 4.69) is 0 Å². The van der Waals surface area contributed by atoms with Crippen LogP contribution < -0.4 is 0 Å². The molecule has 0 aliphatic rings. The fourth-order valence-electron chi connectivity index (χ4n) is 1.90. The monoisotopic (exact) mass is 276 g/mol. The Hall–Kier alpha value is -2.23. The van der Waals surface area contributed by atoms with Crippen LogP contribution in [0.4, 0.5) is 8.78 Å². The van der Waals surface area contributed by atoms with Crippen molar-refractivity contribution in [2.24, 2.45) is 0 Å². The number of hydrogen-bond donors (Lipinski definition) is 1. The molecule has 0 unspecified atom stereocenters. The van der Waals surface area contributed by atoms with E-state index in [0.29, 0.717) is 5.56 Å². The minimum absolute atomic E-state index is 0.0361. The quantitative estimate of drug-likeness (QED) is 0.896. The van der Waals surface area contributed by atoms with E-state index in [-0.39, 0.29) is 6.42 Å². The third kappa shape index (κ3) is 3.41. The van der Waals surface area contributed by atoms with Gasteiger partial charge in [-0.15, -0.1) is 0 Å². The standard InChI is InChI=1S/C16H14F2O2/c17-16(18,15(19)20)11-10-12-6-8-14(9-7-12)13-4-2-1-3-5-13/h1-9H,10-11H2,(H,19,20). The van der Waals surface area contributed by atoms with Crippen molar-refractivity contribution >= 4 is 5.97 Å². The van der Waals surface area contributed by atoms with Crippen LogP contribution in [0.15, 0.2) is 54.6 Å². The Morgan fingerprint density at radius 1 is 0.950 bits per heavy atom. The van der Waals surface area contributed by atoms with Gasteiger partial charge in [0.15, 0.2) is 0 Å². The van der Waals surface area contributed by atoms with E-state index >= 15 is 0 Å². The van der Waals surface area contributed by atoms with Crippen LogP contribution in [-0.2, 0) is 11.2 Å². The topological polar surface area (TPSA) is 37.3 Å². The van der Waals surface area contributed by atoms with Gasteiger partial charge in [-0.3, -0.25) is 0 Å². The zero-order valence-electron chi connectivity index (χ0n) is 10.7. The third-order valence-electron chi connectivity index (χ3n) is 3.10. The largest absolute Gasteiger partial charge is 0.477 e. The summed E-state index contributed by atoms with van der Waals surface area (Å²) in [5.41, 5.74) is 2.75. The molecular weight excluding hydrogens is 262 g/mol. The fourth-order valence-corrected chi connectivity index (χ4v) is 1.90. The van der Waals surface area contributed by atoms with E-state index in [1.807, 2.05) is 42.5 Å². The van der Waals surface area contributed by atoms with Crippen molar-refractivity contribution in [1.82, 2.24) is 0 Å². The number of carboxylic acid groups (broad SMARTS) is 1. The Bertz CT molecular complexity index is 577. The molecule has 0 heterocycles. The van der Waals surface area contributed by atoms with Crippen LogP contribution in [-0.4, -0.2) is 17.0 Å². The lowest BCUT2D eigenvalue weighted by Gasteiger charge is -2.11. The van der Waals surface area contributed by atoms with Crippen LogP contribution in [0.25, 0.3) is 11.1 Å². The van der Waals surface area contributed by atoms with Crippen molar-refractivity contribution in [3.63, 3.8) is 0 Å². The van der Waals surface area contributed by atoms with E-state index in [0.717, 1.165) is 11.1 Å². The van der Waals surface area contributed by atoms with Gasteiger partial charge in [0.1, 0.15) is 0 Å². The summed E-state index contributed by atoms with van der Waals surface area (Å²) in [7, 11) is 0. The Labute approximate surface area is 115 Å². The van der Waals surface area contributed by atoms with Crippen molar-refractivity contribution in [1.29, 1.82) is 0 Å². The maximum Gasteiger partial charge on any atom is 0.374 e. The Morgan fingerprint density at radius 3 is 2.05 bits per heavy atom. The van der Waals surface area contributed by atoms with E-state index in [1.54, 1.807) is 12.1 Å². The van der Waals surface area contributed by atoms with Crippen LogP contribution in [0.3, 0.4) is 0 Å². The molecular formula is C16H14F2O2. The first kappa shape index (κ1) is 14.2. The molecule has 1 N–H and O–H groups in total. The normalized spacial score (nSPS) is 11.3. The van der Waals surface area contributed by atoms with Crippen LogP contribution >= 0.6 is 0 Å². The zero-order chi connectivity index (χ0) is 14.6. The van der Waals surface area contributed by atoms with E-state index in [4.69, 9.17) is 5.11 Å². The van der Waals surface area contributed by atoms with Gasteiger partial charge in [-0.25, -0.2) is 4.79 Å². The molecule has 2 aromatic rings. The van der Waals surface area contributed by atoms with Crippen molar-refractivity contribution in [3.05, 3.63) is 60.2 Å². The molecule has 0 fully saturated rings.